The fourth-order valence-electron chi connectivity index (χ4n) is 4.03. The van der Waals surface area contributed by atoms with E-state index in [1.54, 1.807) is 29.4 Å². The summed E-state index contributed by atoms with van der Waals surface area (Å²) in [6, 6.07) is 6.66. The van der Waals surface area contributed by atoms with Gasteiger partial charge in [0.1, 0.15) is 5.69 Å². The van der Waals surface area contributed by atoms with Crippen molar-refractivity contribution in [3.05, 3.63) is 65.8 Å². The van der Waals surface area contributed by atoms with E-state index < -0.39 is 12.0 Å². The summed E-state index contributed by atoms with van der Waals surface area (Å²) in [4.78, 5) is 35.4. The zero-order valence-electron chi connectivity index (χ0n) is 18.1. The van der Waals surface area contributed by atoms with Crippen molar-refractivity contribution in [2.75, 3.05) is 6.54 Å². The molecule has 7 nitrogen and oxygen atoms in total. The Morgan fingerprint density at radius 1 is 1.06 bits per heavy atom. The average molecular weight is 456 g/mol. The van der Waals surface area contributed by atoms with Gasteiger partial charge in [-0.1, -0.05) is 0 Å². The smallest absolute Gasteiger partial charge is 0.334 e. The highest BCUT2D eigenvalue weighted by Gasteiger charge is 2.35. The van der Waals surface area contributed by atoms with Crippen molar-refractivity contribution >= 4 is 5.91 Å². The van der Waals surface area contributed by atoms with Gasteiger partial charge in [-0.25, -0.2) is 24.9 Å². The molecule has 4 rings (SSSR count). The first-order chi connectivity index (χ1) is 15.8. The van der Waals surface area contributed by atoms with Gasteiger partial charge in [0.2, 0.25) is 5.82 Å². The highest BCUT2D eigenvalue weighted by atomic mass is 19.4. The van der Waals surface area contributed by atoms with E-state index in [4.69, 9.17) is 0 Å². The third-order valence-corrected chi connectivity index (χ3v) is 5.63. The number of amides is 1. The van der Waals surface area contributed by atoms with E-state index in [0.717, 1.165) is 25.5 Å². The molecule has 3 aromatic rings. The first-order valence-electron chi connectivity index (χ1n) is 10.8. The Kier molecular flexibility index (Phi) is 6.62. The van der Waals surface area contributed by atoms with Crippen molar-refractivity contribution in [1.29, 1.82) is 0 Å². The van der Waals surface area contributed by atoms with Gasteiger partial charge in [0.15, 0.2) is 5.82 Å². The molecular formula is C23H23F3N6O. The lowest BCUT2D eigenvalue weighted by molar-refractivity contribution is -0.145. The zero-order valence-corrected chi connectivity index (χ0v) is 18.1. The molecule has 0 aliphatic carbocycles. The second-order valence-electron chi connectivity index (χ2n) is 7.98. The van der Waals surface area contributed by atoms with Gasteiger partial charge >= 0.3 is 6.18 Å². The van der Waals surface area contributed by atoms with Crippen LogP contribution in [0.1, 0.15) is 53.4 Å². The number of halogens is 3. The van der Waals surface area contributed by atoms with Crippen LogP contribution in [0, 0.1) is 6.92 Å². The van der Waals surface area contributed by atoms with Gasteiger partial charge in [0.25, 0.3) is 5.91 Å². The van der Waals surface area contributed by atoms with Crippen LogP contribution in [0.15, 0.2) is 42.9 Å². The number of carbonyl (C=O) groups excluding carboxylic acids is 1. The predicted octanol–water partition coefficient (Wildman–Crippen LogP) is 4.28. The molecule has 0 N–H and O–H groups in total. The lowest BCUT2D eigenvalue weighted by Crippen LogP contribution is -2.44. The Balaban J connectivity index is 1.56. The molecule has 1 atom stereocenters. The van der Waals surface area contributed by atoms with Crippen LogP contribution in [0.4, 0.5) is 13.2 Å². The van der Waals surface area contributed by atoms with Crippen molar-refractivity contribution in [2.24, 2.45) is 0 Å². The second kappa shape index (κ2) is 9.60. The minimum absolute atomic E-state index is 0.123. The zero-order chi connectivity index (χ0) is 23.4. The maximum atomic E-state index is 13.6. The van der Waals surface area contributed by atoms with Crippen molar-refractivity contribution in [3.8, 4) is 11.4 Å². The van der Waals surface area contributed by atoms with Crippen molar-refractivity contribution in [2.45, 2.75) is 51.2 Å². The molecule has 1 fully saturated rings. The van der Waals surface area contributed by atoms with Crippen molar-refractivity contribution in [3.63, 3.8) is 0 Å². The molecule has 1 aliphatic rings. The maximum Gasteiger partial charge on any atom is 0.451 e. The van der Waals surface area contributed by atoms with Crippen LogP contribution in [0.5, 0.6) is 0 Å². The topological polar surface area (TPSA) is 84.8 Å². The van der Waals surface area contributed by atoms with E-state index >= 15 is 0 Å². The van der Waals surface area contributed by atoms with Crippen LogP contribution in [-0.4, -0.2) is 48.3 Å². The molecular weight excluding hydrogens is 433 g/mol. The number of alkyl halides is 3. The van der Waals surface area contributed by atoms with Crippen LogP contribution in [0.3, 0.4) is 0 Å². The Hall–Kier alpha value is -3.43. The molecule has 0 spiro atoms. The Labute approximate surface area is 189 Å². The molecule has 3 aromatic heterocycles. The monoisotopic (exact) mass is 456 g/mol. The highest BCUT2D eigenvalue weighted by Crippen LogP contribution is 2.28. The molecule has 10 heteroatoms. The Bertz CT molecular complexity index is 1120. The number of likely N-dealkylation sites (tertiary alicyclic amines) is 1. The van der Waals surface area contributed by atoms with Gasteiger partial charge < -0.3 is 4.90 Å². The molecule has 0 saturated carbocycles. The number of pyridine rings is 1. The first kappa shape index (κ1) is 22.8. The average Bonchev–Trinajstić information content (AvgIpc) is 2.82. The van der Waals surface area contributed by atoms with Crippen LogP contribution in [0.2, 0.25) is 0 Å². The molecule has 1 amide bonds. The molecule has 1 saturated heterocycles. The van der Waals surface area contributed by atoms with Crippen molar-refractivity contribution < 1.29 is 18.0 Å². The van der Waals surface area contributed by atoms with E-state index in [9.17, 15) is 18.0 Å². The van der Waals surface area contributed by atoms with Gasteiger partial charge in [0, 0.05) is 42.6 Å². The fraction of sp³-hybridized carbons (Fsp3) is 0.391. The molecule has 172 valence electrons. The molecule has 33 heavy (non-hydrogen) atoms. The number of aromatic nitrogens is 5. The van der Waals surface area contributed by atoms with E-state index in [1.807, 2.05) is 13.0 Å². The fourth-order valence-corrected chi connectivity index (χ4v) is 4.03. The predicted molar refractivity (Wildman–Crippen MR) is 114 cm³/mol. The van der Waals surface area contributed by atoms with E-state index in [2.05, 4.69) is 24.9 Å². The van der Waals surface area contributed by atoms with Crippen LogP contribution in [0.25, 0.3) is 11.4 Å². The summed E-state index contributed by atoms with van der Waals surface area (Å²) in [6.45, 7) is 2.37. The summed E-state index contributed by atoms with van der Waals surface area (Å²) in [5.41, 5.74) is 1.85. The number of aryl methyl sites for hydroxylation is 2. The number of hydrogen-bond acceptors (Lipinski definition) is 6. The minimum Gasteiger partial charge on any atom is -0.334 e. The summed E-state index contributed by atoms with van der Waals surface area (Å²) in [6.07, 6.45) is 3.14. The minimum atomic E-state index is -4.59. The van der Waals surface area contributed by atoms with Gasteiger partial charge in [0.05, 0.1) is 5.56 Å². The summed E-state index contributed by atoms with van der Waals surface area (Å²) in [7, 11) is 0. The number of nitrogens with zero attached hydrogens (tertiary/aromatic N) is 6. The van der Waals surface area contributed by atoms with Gasteiger partial charge in [-0.3, -0.25) is 4.79 Å². The normalized spacial score (nSPS) is 16.6. The molecule has 4 heterocycles. The van der Waals surface area contributed by atoms with Gasteiger partial charge in [-0.15, -0.1) is 0 Å². The Morgan fingerprint density at radius 3 is 2.61 bits per heavy atom. The first-order valence-corrected chi connectivity index (χ1v) is 10.8. The summed E-state index contributed by atoms with van der Waals surface area (Å²) >= 11 is 0. The van der Waals surface area contributed by atoms with Gasteiger partial charge in [-0.2, -0.15) is 13.2 Å². The number of piperidine rings is 1. The molecule has 1 unspecified atom stereocenters. The highest BCUT2D eigenvalue weighted by molar-refractivity contribution is 5.98. The number of hydrogen-bond donors (Lipinski definition) is 0. The number of carbonyl (C=O) groups is 1. The second-order valence-corrected chi connectivity index (χ2v) is 7.98. The third-order valence-electron chi connectivity index (χ3n) is 5.63. The molecule has 0 bridgehead atoms. The lowest BCUT2D eigenvalue weighted by Gasteiger charge is -2.36. The largest absolute Gasteiger partial charge is 0.451 e. The van der Waals surface area contributed by atoms with Crippen LogP contribution < -0.4 is 0 Å². The van der Waals surface area contributed by atoms with Crippen LogP contribution in [-0.2, 0) is 12.6 Å². The molecule has 0 radical (unpaired) electrons. The van der Waals surface area contributed by atoms with Crippen LogP contribution >= 0.6 is 0 Å². The van der Waals surface area contributed by atoms with E-state index in [0.29, 0.717) is 42.2 Å². The van der Waals surface area contributed by atoms with E-state index in [-0.39, 0.29) is 17.6 Å². The summed E-state index contributed by atoms with van der Waals surface area (Å²) in [5, 5.41) is 0. The lowest BCUT2D eigenvalue weighted by atomic mass is 9.96. The standard InChI is InChI=1S/C23H23F3N6O/c1-15-6-9-18(20-27-11-4-12-28-20)19(30-15)21(33)32-14-3-2-5-17(32)8-7-16-10-13-29-22(31-16)23(24,25)26/h4,6,9-13,17H,2-3,5,7-8,14H2,1H3. The summed E-state index contributed by atoms with van der Waals surface area (Å²) < 4.78 is 38.8. The van der Waals surface area contributed by atoms with E-state index in [1.165, 1.54) is 6.07 Å². The summed E-state index contributed by atoms with van der Waals surface area (Å²) in [5.74, 6) is -0.944. The SMILES string of the molecule is Cc1ccc(-c2ncccn2)c(C(=O)N2CCCCC2CCc2ccnc(C(F)(F)F)n2)n1. The molecule has 1 aliphatic heterocycles. The van der Waals surface area contributed by atoms with Gasteiger partial charge in [-0.05, 0) is 63.3 Å². The third kappa shape index (κ3) is 5.32. The maximum absolute atomic E-state index is 13.6. The Morgan fingerprint density at radius 2 is 1.85 bits per heavy atom. The molecule has 0 aromatic carbocycles. The quantitative estimate of drug-likeness (QED) is 0.570. The van der Waals surface area contributed by atoms with Crippen molar-refractivity contribution in [1.82, 2.24) is 29.8 Å². The number of rotatable bonds is 5.